The van der Waals surface area contributed by atoms with Gasteiger partial charge < -0.3 is 0 Å². The summed E-state index contributed by atoms with van der Waals surface area (Å²) < 4.78 is 0. The van der Waals surface area contributed by atoms with Crippen molar-refractivity contribution in [1.82, 2.24) is 9.97 Å². The van der Waals surface area contributed by atoms with E-state index in [1.54, 1.807) is 0 Å². The van der Waals surface area contributed by atoms with Gasteiger partial charge in [-0.25, -0.2) is 9.97 Å². The van der Waals surface area contributed by atoms with Gasteiger partial charge >= 0.3 is 0 Å². The van der Waals surface area contributed by atoms with Gasteiger partial charge in [0.2, 0.25) is 0 Å². The third-order valence-corrected chi connectivity index (χ3v) is 11.5. The molecule has 1 heterocycles. The third-order valence-electron chi connectivity index (χ3n) is 11.5. The molecule has 10 aromatic carbocycles. The van der Waals surface area contributed by atoms with Crippen molar-refractivity contribution < 1.29 is 0 Å². The number of fused-ring (bicyclic) bond motifs is 4. The molecular weight excluding hydrogens is 701 g/mol. The summed E-state index contributed by atoms with van der Waals surface area (Å²) in [5, 5.41) is 9.92. The molecule has 0 amide bonds. The van der Waals surface area contributed by atoms with Crippen LogP contribution in [0.15, 0.2) is 219 Å². The minimum absolute atomic E-state index is 0.716. The van der Waals surface area contributed by atoms with E-state index in [9.17, 15) is 0 Å². The Balaban J connectivity index is 1.09. The topological polar surface area (TPSA) is 25.8 Å². The first kappa shape index (κ1) is 33.6. The van der Waals surface area contributed by atoms with Crippen LogP contribution in [0, 0.1) is 0 Å². The Morgan fingerprint density at radius 1 is 0.276 bits per heavy atom. The second-order valence-corrected chi connectivity index (χ2v) is 14.9. The van der Waals surface area contributed by atoms with Crippen molar-refractivity contribution in [3.05, 3.63) is 219 Å². The zero-order valence-electron chi connectivity index (χ0n) is 31.7. The van der Waals surface area contributed by atoms with Crippen molar-refractivity contribution in [3.8, 4) is 67.2 Å². The van der Waals surface area contributed by atoms with Crippen LogP contribution in [0.4, 0.5) is 0 Å². The van der Waals surface area contributed by atoms with Crippen LogP contribution >= 0.6 is 0 Å². The van der Waals surface area contributed by atoms with Gasteiger partial charge in [0.1, 0.15) is 0 Å². The van der Waals surface area contributed by atoms with E-state index < -0.39 is 0 Å². The molecule has 1 aromatic heterocycles. The van der Waals surface area contributed by atoms with Gasteiger partial charge in [-0.05, 0) is 100 Å². The van der Waals surface area contributed by atoms with Crippen molar-refractivity contribution in [2.75, 3.05) is 0 Å². The Bertz CT molecular complexity index is 3310. The van der Waals surface area contributed by atoms with Crippen LogP contribution in [0.5, 0.6) is 0 Å². The van der Waals surface area contributed by atoms with Crippen LogP contribution in [0.2, 0.25) is 0 Å². The van der Waals surface area contributed by atoms with E-state index in [-0.39, 0.29) is 0 Å². The second-order valence-electron chi connectivity index (χ2n) is 14.9. The van der Waals surface area contributed by atoms with E-state index >= 15 is 0 Å². The lowest BCUT2D eigenvalue weighted by Gasteiger charge is -2.19. The number of aromatic nitrogens is 2. The molecule has 0 saturated carbocycles. The van der Waals surface area contributed by atoms with Crippen molar-refractivity contribution in [2.45, 2.75) is 0 Å². The summed E-state index contributed by atoms with van der Waals surface area (Å²) in [7, 11) is 0. The highest BCUT2D eigenvalue weighted by molar-refractivity contribution is 6.22. The fourth-order valence-corrected chi connectivity index (χ4v) is 8.65. The molecule has 11 aromatic rings. The molecule has 270 valence electrons. The molecule has 0 aliphatic carbocycles. The van der Waals surface area contributed by atoms with E-state index in [0.717, 1.165) is 33.5 Å². The Kier molecular flexibility index (Phi) is 8.19. The molecule has 0 aliphatic heterocycles. The summed E-state index contributed by atoms with van der Waals surface area (Å²) >= 11 is 0. The van der Waals surface area contributed by atoms with Crippen LogP contribution in [-0.2, 0) is 0 Å². The summed E-state index contributed by atoms with van der Waals surface area (Å²) in [5.41, 5.74) is 12.3. The van der Waals surface area contributed by atoms with Gasteiger partial charge in [0.15, 0.2) is 5.82 Å². The minimum Gasteiger partial charge on any atom is -0.236 e. The normalized spacial score (nSPS) is 11.4. The van der Waals surface area contributed by atoms with Crippen molar-refractivity contribution in [2.24, 2.45) is 0 Å². The monoisotopic (exact) mass is 736 g/mol. The number of hydrogen-bond acceptors (Lipinski definition) is 2. The Morgan fingerprint density at radius 3 is 1.36 bits per heavy atom. The van der Waals surface area contributed by atoms with Crippen molar-refractivity contribution in [1.29, 1.82) is 0 Å². The van der Waals surface area contributed by atoms with Crippen LogP contribution < -0.4 is 0 Å². The fourth-order valence-electron chi connectivity index (χ4n) is 8.65. The molecule has 11 rings (SSSR count). The second kappa shape index (κ2) is 14.1. The van der Waals surface area contributed by atoms with Gasteiger partial charge in [-0.15, -0.1) is 0 Å². The maximum Gasteiger partial charge on any atom is 0.159 e. The van der Waals surface area contributed by atoms with Crippen molar-refractivity contribution >= 4 is 43.1 Å². The molecule has 0 saturated heterocycles. The lowest BCUT2D eigenvalue weighted by molar-refractivity contribution is 1.18. The first-order chi connectivity index (χ1) is 28.7. The van der Waals surface area contributed by atoms with Gasteiger partial charge in [0, 0.05) is 22.9 Å². The summed E-state index contributed by atoms with van der Waals surface area (Å²) in [4.78, 5) is 9.97. The summed E-state index contributed by atoms with van der Waals surface area (Å²) in [6.45, 7) is 0. The first-order valence-corrected chi connectivity index (χ1v) is 19.8. The van der Waals surface area contributed by atoms with Crippen LogP contribution in [0.3, 0.4) is 0 Å². The molecule has 58 heavy (non-hydrogen) atoms. The number of hydrogen-bond donors (Lipinski definition) is 0. The quantitative estimate of drug-likeness (QED) is 0.159. The third kappa shape index (κ3) is 5.91. The van der Waals surface area contributed by atoms with Crippen LogP contribution in [0.1, 0.15) is 0 Å². The Morgan fingerprint density at radius 2 is 0.741 bits per heavy atom. The molecule has 0 atom stereocenters. The standard InChI is InChI=1S/C56H36N2/c1-3-15-41(16-4-1)55-52(36-57-56(58-55)42-17-5-2-6-18-42)40-27-23-39(24-28-40)45-31-32-50-51(35-45)54(47-30-26-38-14-8-10-20-44(38)34-47)49-22-12-11-21-48(49)53(50)46-29-25-37-13-7-9-19-43(37)33-46/h1-36H. The molecule has 0 aliphatic rings. The van der Waals surface area contributed by atoms with E-state index in [2.05, 4.69) is 188 Å². The molecule has 2 nitrogen and oxygen atoms in total. The smallest absolute Gasteiger partial charge is 0.159 e. The number of benzene rings is 10. The Hall–Kier alpha value is -7.68. The zero-order chi connectivity index (χ0) is 38.4. The summed E-state index contributed by atoms with van der Waals surface area (Å²) in [5.74, 6) is 0.716. The lowest BCUT2D eigenvalue weighted by atomic mass is 9.84. The molecule has 0 unspecified atom stereocenters. The number of rotatable bonds is 6. The minimum atomic E-state index is 0.716. The Labute approximate surface area is 337 Å². The average molecular weight is 737 g/mol. The lowest BCUT2D eigenvalue weighted by Crippen LogP contribution is -1.96. The highest BCUT2D eigenvalue weighted by Gasteiger charge is 2.19. The maximum absolute atomic E-state index is 5.13. The highest BCUT2D eigenvalue weighted by Crippen LogP contribution is 2.46. The molecule has 0 fully saturated rings. The fraction of sp³-hybridized carbons (Fsp3) is 0. The van der Waals surface area contributed by atoms with Gasteiger partial charge in [-0.2, -0.15) is 0 Å². The van der Waals surface area contributed by atoms with Gasteiger partial charge in [0.05, 0.1) is 5.69 Å². The van der Waals surface area contributed by atoms with Crippen molar-refractivity contribution in [3.63, 3.8) is 0 Å². The average Bonchev–Trinajstić information content (AvgIpc) is 3.30. The van der Waals surface area contributed by atoms with E-state index in [1.807, 2.05) is 30.5 Å². The summed E-state index contributed by atoms with van der Waals surface area (Å²) in [6.07, 6.45) is 1.97. The molecular formula is C56H36N2. The SMILES string of the molecule is c1ccc(-c2ncc(-c3ccc(-c4ccc5c(-c6ccc7ccccc7c6)c6ccccc6c(-c6ccc7ccccc7c6)c5c4)cc3)c(-c3ccccc3)n2)cc1. The predicted octanol–water partition coefficient (Wildman–Crippen LogP) is 15.1. The van der Waals surface area contributed by atoms with Gasteiger partial charge in [-0.1, -0.05) is 194 Å². The molecule has 2 heteroatoms. The molecule has 0 radical (unpaired) electrons. The van der Waals surface area contributed by atoms with Gasteiger partial charge in [-0.3, -0.25) is 0 Å². The highest BCUT2D eigenvalue weighted by atomic mass is 14.9. The van der Waals surface area contributed by atoms with Crippen LogP contribution in [-0.4, -0.2) is 9.97 Å². The predicted molar refractivity (Wildman–Crippen MR) is 245 cm³/mol. The zero-order valence-corrected chi connectivity index (χ0v) is 31.7. The molecule has 0 bridgehead atoms. The van der Waals surface area contributed by atoms with E-state index in [1.165, 1.54) is 70.9 Å². The molecule has 0 N–H and O–H groups in total. The van der Waals surface area contributed by atoms with E-state index in [4.69, 9.17) is 9.97 Å². The molecule has 0 spiro atoms. The van der Waals surface area contributed by atoms with Gasteiger partial charge in [0.25, 0.3) is 0 Å². The number of nitrogens with zero attached hydrogens (tertiary/aromatic N) is 2. The van der Waals surface area contributed by atoms with Crippen LogP contribution in [0.25, 0.3) is 110 Å². The maximum atomic E-state index is 5.13. The summed E-state index contributed by atoms with van der Waals surface area (Å²) in [6, 6.07) is 76.4. The first-order valence-electron chi connectivity index (χ1n) is 19.8. The van der Waals surface area contributed by atoms with E-state index in [0.29, 0.717) is 5.82 Å². The largest absolute Gasteiger partial charge is 0.236 e.